The van der Waals surface area contributed by atoms with Crippen LogP contribution in [-0.2, 0) is 14.3 Å². The number of carbonyl (C=O) groups is 2. The highest BCUT2D eigenvalue weighted by molar-refractivity contribution is 5.94. The molecule has 1 heterocycles. The van der Waals surface area contributed by atoms with Crippen LogP contribution in [0.5, 0.6) is 0 Å². The lowest BCUT2D eigenvalue weighted by Crippen LogP contribution is -2.59. The van der Waals surface area contributed by atoms with Crippen molar-refractivity contribution in [2.75, 3.05) is 6.61 Å². The molecule has 1 aliphatic heterocycles. The van der Waals surface area contributed by atoms with Crippen LogP contribution in [0.4, 0.5) is 0 Å². The molecule has 24 heavy (non-hydrogen) atoms. The van der Waals surface area contributed by atoms with E-state index in [2.05, 4.69) is 13.8 Å². The predicted molar refractivity (Wildman–Crippen MR) is 89.3 cm³/mol. The molecule has 3 unspecified atom stereocenters. The van der Waals surface area contributed by atoms with E-state index in [4.69, 9.17) is 4.74 Å². The van der Waals surface area contributed by atoms with Crippen molar-refractivity contribution in [1.82, 2.24) is 0 Å². The molecular formula is C20H30O4. The maximum absolute atomic E-state index is 12.2. The van der Waals surface area contributed by atoms with Crippen LogP contribution in [0.1, 0.15) is 59.3 Å². The Morgan fingerprint density at radius 1 is 1.21 bits per heavy atom. The fraction of sp³-hybridized carbons (Fsp3) is 0.900. The Balaban J connectivity index is 1.66. The molecule has 8 atom stereocenters. The predicted octanol–water partition coefficient (Wildman–Crippen LogP) is 2.76. The minimum atomic E-state index is -0.756. The normalized spacial score (nSPS) is 57.0. The first kappa shape index (κ1) is 16.7. The maximum Gasteiger partial charge on any atom is 0.143 e. The summed E-state index contributed by atoms with van der Waals surface area (Å²) in [4.78, 5) is 23.6. The third-order valence-corrected chi connectivity index (χ3v) is 8.60. The number of Topliss-reactive ketones (excluding diaryl/α,β-unsaturated/α-hetero) is 1. The summed E-state index contributed by atoms with van der Waals surface area (Å²) in [6.45, 7) is 6.84. The van der Waals surface area contributed by atoms with Crippen molar-refractivity contribution in [3.63, 3.8) is 0 Å². The summed E-state index contributed by atoms with van der Waals surface area (Å²) in [5.41, 5.74) is -0.873. The molecule has 134 valence electrons. The van der Waals surface area contributed by atoms with Crippen LogP contribution >= 0.6 is 0 Å². The van der Waals surface area contributed by atoms with Gasteiger partial charge in [0, 0.05) is 11.8 Å². The van der Waals surface area contributed by atoms with Gasteiger partial charge in [-0.05, 0) is 62.2 Å². The first-order valence-electron chi connectivity index (χ1n) is 9.55. The molecule has 4 rings (SSSR count). The number of aliphatic hydroxyl groups is 1. The summed E-state index contributed by atoms with van der Waals surface area (Å²) >= 11 is 0. The fourth-order valence-corrected chi connectivity index (χ4v) is 6.75. The van der Waals surface area contributed by atoms with Gasteiger partial charge in [-0.25, -0.2) is 0 Å². The Labute approximate surface area is 144 Å². The van der Waals surface area contributed by atoms with E-state index in [-0.39, 0.29) is 22.7 Å². The summed E-state index contributed by atoms with van der Waals surface area (Å²) in [7, 11) is 0. The highest BCUT2D eigenvalue weighted by atomic mass is 16.5. The smallest absolute Gasteiger partial charge is 0.143 e. The molecule has 3 aliphatic carbocycles. The van der Waals surface area contributed by atoms with Gasteiger partial charge in [0.2, 0.25) is 0 Å². The molecule has 0 spiro atoms. The summed E-state index contributed by atoms with van der Waals surface area (Å²) in [6.07, 6.45) is 6.43. The molecule has 4 heteroatoms. The highest BCUT2D eigenvalue weighted by Crippen LogP contribution is 2.64. The van der Waals surface area contributed by atoms with Crippen molar-refractivity contribution in [2.24, 2.45) is 34.5 Å². The van der Waals surface area contributed by atoms with Crippen LogP contribution in [0.15, 0.2) is 0 Å². The van der Waals surface area contributed by atoms with Gasteiger partial charge >= 0.3 is 0 Å². The third kappa shape index (κ3) is 1.99. The van der Waals surface area contributed by atoms with Gasteiger partial charge in [-0.2, -0.15) is 0 Å². The van der Waals surface area contributed by atoms with E-state index in [0.717, 1.165) is 32.0 Å². The Morgan fingerprint density at radius 2 is 1.96 bits per heavy atom. The molecular weight excluding hydrogens is 304 g/mol. The number of carbonyl (C=O) groups excluding carboxylic acids is 2. The number of hydrogen-bond donors (Lipinski definition) is 1. The van der Waals surface area contributed by atoms with E-state index in [1.165, 1.54) is 0 Å². The Kier molecular flexibility index (Phi) is 3.58. The Bertz CT molecular complexity index is 570. The quantitative estimate of drug-likeness (QED) is 0.591. The summed E-state index contributed by atoms with van der Waals surface area (Å²) in [5, 5.41) is 10.8. The molecule has 1 saturated heterocycles. The van der Waals surface area contributed by atoms with Crippen LogP contribution in [-0.4, -0.2) is 35.5 Å². The average molecular weight is 334 g/mol. The van der Waals surface area contributed by atoms with Crippen LogP contribution in [0, 0.1) is 34.5 Å². The molecule has 4 aliphatic rings. The molecule has 0 bridgehead atoms. The lowest BCUT2D eigenvalue weighted by atomic mass is 9.45. The first-order valence-corrected chi connectivity index (χ1v) is 9.55. The van der Waals surface area contributed by atoms with Crippen molar-refractivity contribution in [3.8, 4) is 0 Å². The van der Waals surface area contributed by atoms with E-state index in [0.29, 0.717) is 37.2 Å². The van der Waals surface area contributed by atoms with Crippen molar-refractivity contribution < 1.29 is 19.4 Å². The van der Waals surface area contributed by atoms with Crippen LogP contribution in [0.2, 0.25) is 0 Å². The number of ketones is 1. The fourth-order valence-electron chi connectivity index (χ4n) is 6.75. The van der Waals surface area contributed by atoms with Gasteiger partial charge in [0.1, 0.15) is 12.1 Å². The lowest BCUT2D eigenvalue weighted by molar-refractivity contribution is -0.162. The highest BCUT2D eigenvalue weighted by Gasteiger charge is 2.65. The van der Waals surface area contributed by atoms with E-state index < -0.39 is 11.5 Å². The molecule has 3 saturated carbocycles. The molecule has 0 aromatic rings. The number of ether oxygens (including phenoxy) is 1. The van der Waals surface area contributed by atoms with Crippen molar-refractivity contribution in [3.05, 3.63) is 0 Å². The van der Waals surface area contributed by atoms with Crippen LogP contribution in [0.3, 0.4) is 0 Å². The molecule has 0 aromatic heterocycles. The monoisotopic (exact) mass is 334 g/mol. The van der Waals surface area contributed by atoms with Gasteiger partial charge in [0.25, 0.3) is 0 Å². The Hall–Kier alpha value is -0.740. The minimum Gasteiger partial charge on any atom is -0.387 e. The number of hydrogen-bond acceptors (Lipinski definition) is 4. The maximum atomic E-state index is 12.2. The van der Waals surface area contributed by atoms with E-state index in [9.17, 15) is 14.7 Å². The third-order valence-electron chi connectivity index (χ3n) is 8.60. The van der Waals surface area contributed by atoms with Crippen LogP contribution < -0.4 is 0 Å². The van der Waals surface area contributed by atoms with E-state index in [1.807, 2.05) is 6.92 Å². The van der Waals surface area contributed by atoms with Gasteiger partial charge < -0.3 is 14.6 Å². The lowest BCUT2D eigenvalue weighted by Gasteiger charge is -2.60. The summed E-state index contributed by atoms with van der Waals surface area (Å²) < 4.78 is 6.16. The largest absolute Gasteiger partial charge is 0.387 e. The van der Waals surface area contributed by atoms with E-state index in [1.54, 1.807) is 0 Å². The SMILES string of the molecule is CC1(O)CO[C@H]2[C@@H]3CCC4CC(=O)C(C=O)C[C@]4(C)[C@@H]3CC[C@@]21C. The summed E-state index contributed by atoms with van der Waals surface area (Å²) in [6, 6.07) is 0. The zero-order chi connectivity index (χ0) is 17.3. The molecule has 1 N–H and O–H groups in total. The topological polar surface area (TPSA) is 63.6 Å². The molecule has 0 amide bonds. The van der Waals surface area contributed by atoms with E-state index >= 15 is 0 Å². The molecule has 0 radical (unpaired) electrons. The van der Waals surface area contributed by atoms with Gasteiger partial charge in [0.05, 0.1) is 24.2 Å². The first-order chi connectivity index (χ1) is 11.2. The van der Waals surface area contributed by atoms with Gasteiger partial charge in [-0.1, -0.05) is 13.8 Å². The summed E-state index contributed by atoms with van der Waals surface area (Å²) in [5.74, 6) is 1.09. The second-order valence-electron chi connectivity index (χ2n) is 9.63. The van der Waals surface area contributed by atoms with Crippen LogP contribution in [0.25, 0.3) is 0 Å². The molecule has 0 aromatic carbocycles. The second-order valence-corrected chi connectivity index (χ2v) is 9.63. The Morgan fingerprint density at radius 3 is 2.67 bits per heavy atom. The van der Waals surface area contributed by atoms with Gasteiger partial charge in [-0.3, -0.25) is 4.79 Å². The van der Waals surface area contributed by atoms with Crippen molar-refractivity contribution >= 4 is 12.1 Å². The van der Waals surface area contributed by atoms with Crippen molar-refractivity contribution in [1.29, 1.82) is 0 Å². The van der Waals surface area contributed by atoms with Gasteiger partial charge in [0.15, 0.2) is 0 Å². The van der Waals surface area contributed by atoms with Gasteiger partial charge in [-0.15, -0.1) is 0 Å². The zero-order valence-corrected chi connectivity index (χ0v) is 15.1. The number of rotatable bonds is 1. The number of fused-ring (bicyclic) bond motifs is 5. The zero-order valence-electron chi connectivity index (χ0n) is 15.1. The molecule has 4 nitrogen and oxygen atoms in total. The standard InChI is InChI=1S/C20H30O4/c1-18-9-12(10-21)16(22)8-13(18)4-5-14-15(18)6-7-19(2)17(14)24-11-20(19,3)23/h10,12-15,17,23H,4-9,11H2,1-3H3/t12?,13?,14-,15-,17+,18+,19+,20?/m1/s1. The second kappa shape index (κ2) is 5.14. The number of aldehydes is 1. The average Bonchev–Trinajstić information content (AvgIpc) is 2.77. The molecule has 4 fully saturated rings. The minimum absolute atomic E-state index is 0.0571. The van der Waals surface area contributed by atoms with Crippen molar-refractivity contribution in [2.45, 2.75) is 71.0 Å².